The van der Waals surface area contributed by atoms with E-state index in [0.717, 1.165) is 11.8 Å². The molecule has 0 fully saturated rings. The zero-order chi connectivity index (χ0) is 14.5. The minimum absolute atomic E-state index is 0.202. The van der Waals surface area contributed by atoms with Crippen molar-refractivity contribution in [3.05, 3.63) is 46.2 Å². The third-order valence-electron chi connectivity index (χ3n) is 3.04. The number of terminal acetylenes is 1. The summed E-state index contributed by atoms with van der Waals surface area (Å²) in [6.45, 7) is 2.80. The van der Waals surface area contributed by atoms with Crippen molar-refractivity contribution in [3.63, 3.8) is 0 Å². The Morgan fingerprint density at radius 2 is 2.15 bits per heavy atom. The molecule has 0 aliphatic rings. The Labute approximate surface area is 117 Å². The van der Waals surface area contributed by atoms with Crippen LogP contribution in [0.4, 0.5) is 0 Å². The van der Waals surface area contributed by atoms with Crippen LogP contribution >= 0.6 is 0 Å². The Morgan fingerprint density at radius 3 is 2.85 bits per heavy atom. The van der Waals surface area contributed by atoms with E-state index in [1.54, 1.807) is 11.0 Å². The van der Waals surface area contributed by atoms with Gasteiger partial charge < -0.3 is 9.88 Å². The van der Waals surface area contributed by atoms with Gasteiger partial charge in [0, 0.05) is 23.5 Å². The molecule has 1 aromatic heterocycles. The van der Waals surface area contributed by atoms with Gasteiger partial charge in [0.05, 0.1) is 12.1 Å². The monoisotopic (exact) mass is 268 g/mol. The minimum atomic E-state index is -0.288. The maximum atomic E-state index is 12.6. The molecule has 1 amide bonds. The second-order valence-corrected chi connectivity index (χ2v) is 4.52. The molecule has 0 saturated carbocycles. The van der Waals surface area contributed by atoms with Crippen LogP contribution in [0.25, 0.3) is 10.9 Å². The van der Waals surface area contributed by atoms with Crippen LogP contribution < -0.4 is 5.56 Å². The predicted molar refractivity (Wildman–Crippen MR) is 79.6 cm³/mol. The summed E-state index contributed by atoms with van der Waals surface area (Å²) >= 11 is 0. The highest BCUT2D eigenvalue weighted by molar-refractivity contribution is 6.06. The fourth-order valence-corrected chi connectivity index (χ4v) is 2.18. The largest absolute Gasteiger partial charge is 0.327 e. The molecule has 1 aromatic carbocycles. The number of hydrogen-bond donors (Lipinski definition) is 1. The minimum Gasteiger partial charge on any atom is -0.327 e. The van der Waals surface area contributed by atoms with Crippen LogP contribution in [0.1, 0.15) is 23.7 Å². The number of aromatic nitrogens is 1. The Bertz CT molecular complexity index is 725. The first-order chi connectivity index (χ1) is 9.67. The van der Waals surface area contributed by atoms with E-state index in [1.807, 2.05) is 25.1 Å². The van der Waals surface area contributed by atoms with Gasteiger partial charge in [0.15, 0.2) is 0 Å². The molecule has 4 heteroatoms. The van der Waals surface area contributed by atoms with Gasteiger partial charge in [-0.05, 0) is 12.5 Å². The van der Waals surface area contributed by atoms with Gasteiger partial charge in [-0.3, -0.25) is 9.59 Å². The number of amides is 1. The number of carbonyl (C=O) groups excluding carboxylic acids is 1. The number of nitrogens with one attached hydrogen (secondary N) is 1. The molecule has 0 saturated heterocycles. The SMILES string of the molecule is C#CCN(CCC)C(=O)c1cc(=O)[nH]c2ccccc12. The molecule has 2 aromatic rings. The molecule has 0 radical (unpaired) electrons. The lowest BCUT2D eigenvalue weighted by Crippen LogP contribution is -2.33. The summed E-state index contributed by atoms with van der Waals surface area (Å²) in [6, 6.07) is 8.59. The first-order valence-corrected chi connectivity index (χ1v) is 6.52. The van der Waals surface area contributed by atoms with Gasteiger partial charge in [-0.15, -0.1) is 6.42 Å². The molecule has 1 N–H and O–H groups in total. The number of carbonyl (C=O) groups is 1. The number of nitrogens with zero attached hydrogens (tertiary/aromatic N) is 1. The molecule has 102 valence electrons. The van der Waals surface area contributed by atoms with Crippen molar-refractivity contribution in [1.82, 2.24) is 9.88 Å². The van der Waals surface area contributed by atoms with E-state index in [9.17, 15) is 9.59 Å². The number of pyridine rings is 1. The average molecular weight is 268 g/mol. The number of H-pyrrole nitrogens is 1. The number of benzene rings is 1. The van der Waals surface area contributed by atoms with Gasteiger partial charge >= 0.3 is 0 Å². The van der Waals surface area contributed by atoms with E-state index in [4.69, 9.17) is 6.42 Å². The Kier molecular flexibility index (Phi) is 4.21. The van der Waals surface area contributed by atoms with Gasteiger partial charge in [-0.1, -0.05) is 31.0 Å². The van der Waals surface area contributed by atoms with E-state index in [2.05, 4.69) is 10.9 Å². The molecule has 0 atom stereocenters. The summed E-state index contributed by atoms with van der Waals surface area (Å²) in [5.74, 6) is 2.28. The van der Waals surface area contributed by atoms with Gasteiger partial charge in [-0.25, -0.2) is 0 Å². The van der Waals surface area contributed by atoms with Gasteiger partial charge in [0.2, 0.25) is 5.56 Å². The zero-order valence-corrected chi connectivity index (χ0v) is 11.3. The van der Waals surface area contributed by atoms with Crippen LogP contribution in [-0.2, 0) is 0 Å². The fraction of sp³-hybridized carbons (Fsp3) is 0.250. The van der Waals surface area contributed by atoms with E-state index >= 15 is 0 Å². The summed E-state index contributed by atoms with van der Waals surface area (Å²) in [5, 5.41) is 0.732. The molecule has 2 rings (SSSR count). The fourth-order valence-electron chi connectivity index (χ4n) is 2.18. The topological polar surface area (TPSA) is 53.2 Å². The van der Waals surface area contributed by atoms with Crippen molar-refractivity contribution < 1.29 is 4.79 Å². The van der Waals surface area contributed by atoms with Crippen molar-refractivity contribution in [2.45, 2.75) is 13.3 Å². The van der Waals surface area contributed by atoms with Crippen LogP contribution in [0.15, 0.2) is 35.1 Å². The first kappa shape index (κ1) is 13.9. The first-order valence-electron chi connectivity index (χ1n) is 6.52. The smallest absolute Gasteiger partial charge is 0.255 e. The van der Waals surface area contributed by atoms with Crippen LogP contribution in [0.3, 0.4) is 0 Å². The van der Waals surface area contributed by atoms with E-state index < -0.39 is 0 Å². The quantitative estimate of drug-likeness (QED) is 0.862. The van der Waals surface area contributed by atoms with Gasteiger partial charge in [0.1, 0.15) is 0 Å². The van der Waals surface area contributed by atoms with Crippen molar-refractivity contribution in [3.8, 4) is 12.3 Å². The number of hydrogen-bond acceptors (Lipinski definition) is 2. The van der Waals surface area contributed by atoms with Crippen LogP contribution in [-0.4, -0.2) is 28.9 Å². The predicted octanol–water partition coefficient (Wildman–Crippen LogP) is 2.01. The average Bonchev–Trinajstić information content (AvgIpc) is 2.45. The van der Waals surface area contributed by atoms with Crippen molar-refractivity contribution >= 4 is 16.8 Å². The Morgan fingerprint density at radius 1 is 1.40 bits per heavy atom. The summed E-state index contributed by atoms with van der Waals surface area (Å²) < 4.78 is 0. The summed E-state index contributed by atoms with van der Waals surface area (Å²) in [6.07, 6.45) is 6.12. The Hall–Kier alpha value is -2.54. The van der Waals surface area contributed by atoms with Crippen LogP contribution in [0.2, 0.25) is 0 Å². The highest BCUT2D eigenvalue weighted by Crippen LogP contribution is 2.16. The molecule has 4 nitrogen and oxygen atoms in total. The summed E-state index contributed by atoms with van der Waals surface area (Å²) in [7, 11) is 0. The number of fused-ring (bicyclic) bond motifs is 1. The lowest BCUT2D eigenvalue weighted by molar-refractivity contribution is 0.0778. The third kappa shape index (κ3) is 2.72. The van der Waals surface area contributed by atoms with Crippen LogP contribution in [0.5, 0.6) is 0 Å². The standard InChI is InChI=1S/C16H16N2O2/c1-3-9-18(10-4-2)16(20)13-11-15(19)17-14-8-6-5-7-12(13)14/h1,5-8,11H,4,9-10H2,2H3,(H,17,19). The van der Waals surface area contributed by atoms with Crippen molar-refractivity contribution in [2.24, 2.45) is 0 Å². The molecule has 20 heavy (non-hydrogen) atoms. The van der Waals surface area contributed by atoms with Crippen molar-refractivity contribution in [2.75, 3.05) is 13.1 Å². The molecule has 1 heterocycles. The summed E-state index contributed by atoms with van der Waals surface area (Å²) in [4.78, 5) is 28.6. The van der Waals surface area contributed by atoms with Crippen molar-refractivity contribution in [1.29, 1.82) is 0 Å². The van der Waals surface area contributed by atoms with Crippen LogP contribution in [0, 0.1) is 12.3 Å². The molecule has 0 bridgehead atoms. The lowest BCUT2D eigenvalue weighted by atomic mass is 10.1. The second kappa shape index (κ2) is 6.07. The maximum Gasteiger partial charge on any atom is 0.255 e. The molecular formula is C16H16N2O2. The van der Waals surface area contributed by atoms with Gasteiger partial charge in [0.25, 0.3) is 5.91 Å². The highest BCUT2D eigenvalue weighted by atomic mass is 16.2. The van der Waals surface area contributed by atoms with E-state index in [1.165, 1.54) is 6.07 Å². The zero-order valence-electron chi connectivity index (χ0n) is 11.3. The highest BCUT2D eigenvalue weighted by Gasteiger charge is 2.17. The molecule has 0 unspecified atom stereocenters. The molecule has 0 aliphatic carbocycles. The van der Waals surface area contributed by atoms with E-state index in [0.29, 0.717) is 17.6 Å². The normalized spacial score (nSPS) is 10.2. The number of aromatic amines is 1. The number of rotatable bonds is 4. The molecule has 0 spiro atoms. The lowest BCUT2D eigenvalue weighted by Gasteiger charge is -2.20. The Balaban J connectivity index is 2.53. The molecule has 0 aliphatic heterocycles. The second-order valence-electron chi connectivity index (χ2n) is 4.52. The molecular weight excluding hydrogens is 252 g/mol. The maximum absolute atomic E-state index is 12.6. The number of para-hydroxylation sites is 1. The van der Waals surface area contributed by atoms with E-state index in [-0.39, 0.29) is 18.0 Å². The third-order valence-corrected chi connectivity index (χ3v) is 3.04. The summed E-state index contributed by atoms with van der Waals surface area (Å²) in [5.41, 5.74) is 0.762. The van der Waals surface area contributed by atoms with Gasteiger partial charge in [-0.2, -0.15) is 0 Å².